The van der Waals surface area contributed by atoms with Gasteiger partial charge in [0.25, 0.3) is 0 Å². The van der Waals surface area contributed by atoms with Gasteiger partial charge < -0.3 is 9.64 Å². The molecule has 0 aromatic carbocycles. The molecule has 2 aliphatic rings. The van der Waals surface area contributed by atoms with E-state index in [-0.39, 0.29) is 6.09 Å². The third-order valence-electron chi connectivity index (χ3n) is 5.56. The van der Waals surface area contributed by atoms with E-state index in [0.29, 0.717) is 6.54 Å². The third kappa shape index (κ3) is 4.36. The van der Waals surface area contributed by atoms with Crippen LogP contribution in [-0.4, -0.2) is 32.9 Å². The van der Waals surface area contributed by atoms with Crippen LogP contribution in [0.1, 0.15) is 70.3 Å². The summed E-state index contributed by atoms with van der Waals surface area (Å²) in [6, 6.07) is 0. The van der Waals surface area contributed by atoms with Crippen molar-refractivity contribution in [1.29, 1.82) is 0 Å². The number of fused-ring (bicyclic) bond motifs is 1. The Morgan fingerprint density at radius 1 is 1.24 bits per heavy atom. The van der Waals surface area contributed by atoms with Crippen molar-refractivity contribution < 1.29 is 9.53 Å². The maximum absolute atomic E-state index is 12.4. The molecule has 25 heavy (non-hydrogen) atoms. The third-order valence-corrected chi connectivity index (χ3v) is 5.56. The molecule has 1 aliphatic heterocycles. The second-order valence-corrected chi connectivity index (χ2v) is 8.97. The van der Waals surface area contributed by atoms with E-state index in [4.69, 9.17) is 9.84 Å². The molecule has 0 radical (unpaired) electrons. The fraction of sp³-hybridized carbons (Fsp3) is 0.800. The summed E-state index contributed by atoms with van der Waals surface area (Å²) in [7, 11) is 0. The molecule has 1 aromatic rings. The SMILES string of the molecule is Cc1nn(CC2CCC(C)CC2)c2c1CCN(C(=O)OC(C)(C)C)C2. The second kappa shape index (κ2) is 7.00. The molecule has 1 aliphatic carbocycles. The molecule has 0 spiro atoms. The van der Waals surface area contributed by atoms with Crippen LogP contribution in [-0.2, 0) is 24.2 Å². The van der Waals surface area contributed by atoms with Gasteiger partial charge in [-0.2, -0.15) is 5.10 Å². The van der Waals surface area contributed by atoms with E-state index in [1.165, 1.54) is 36.9 Å². The summed E-state index contributed by atoms with van der Waals surface area (Å²) in [6.07, 6.45) is 5.92. The number of amides is 1. The highest BCUT2D eigenvalue weighted by Gasteiger charge is 2.30. The average Bonchev–Trinajstić information content (AvgIpc) is 2.84. The summed E-state index contributed by atoms with van der Waals surface area (Å²) < 4.78 is 7.74. The second-order valence-electron chi connectivity index (χ2n) is 8.97. The normalized spacial score (nSPS) is 24.1. The van der Waals surface area contributed by atoms with E-state index in [0.717, 1.165) is 37.0 Å². The van der Waals surface area contributed by atoms with Gasteiger partial charge in [0.2, 0.25) is 0 Å². The molecule has 0 bridgehead atoms. The molecule has 5 nitrogen and oxygen atoms in total. The molecule has 3 rings (SSSR count). The van der Waals surface area contributed by atoms with Crippen molar-refractivity contribution >= 4 is 6.09 Å². The molecule has 0 saturated heterocycles. The highest BCUT2D eigenvalue weighted by atomic mass is 16.6. The van der Waals surface area contributed by atoms with Gasteiger partial charge in [0, 0.05) is 13.1 Å². The molecule has 1 amide bonds. The molecular formula is C20H33N3O2. The Morgan fingerprint density at radius 2 is 1.92 bits per heavy atom. The molecular weight excluding hydrogens is 314 g/mol. The topological polar surface area (TPSA) is 47.4 Å². The molecule has 1 aromatic heterocycles. The summed E-state index contributed by atoms with van der Waals surface area (Å²) in [5.41, 5.74) is 3.23. The Hall–Kier alpha value is -1.52. The minimum absolute atomic E-state index is 0.213. The maximum Gasteiger partial charge on any atom is 0.410 e. The number of nitrogens with zero attached hydrogens (tertiary/aromatic N) is 3. The van der Waals surface area contributed by atoms with Gasteiger partial charge in [-0.3, -0.25) is 4.68 Å². The predicted octanol–water partition coefficient (Wildman–Crippen LogP) is 4.31. The quantitative estimate of drug-likeness (QED) is 0.801. The van der Waals surface area contributed by atoms with Gasteiger partial charge in [0.15, 0.2) is 0 Å². The number of rotatable bonds is 2. The van der Waals surface area contributed by atoms with Crippen LogP contribution in [0.15, 0.2) is 0 Å². The zero-order valence-electron chi connectivity index (χ0n) is 16.5. The number of hydrogen-bond acceptors (Lipinski definition) is 3. The van der Waals surface area contributed by atoms with Crippen molar-refractivity contribution in [2.45, 2.75) is 85.4 Å². The Morgan fingerprint density at radius 3 is 2.56 bits per heavy atom. The van der Waals surface area contributed by atoms with E-state index in [2.05, 4.69) is 18.5 Å². The summed E-state index contributed by atoms with van der Waals surface area (Å²) in [4.78, 5) is 14.3. The lowest BCUT2D eigenvalue weighted by atomic mass is 9.83. The number of ether oxygens (including phenoxy) is 1. The maximum atomic E-state index is 12.4. The first kappa shape index (κ1) is 18.3. The van der Waals surface area contributed by atoms with Gasteiger partial charge in [-0.05, 0) is 64.4 Å². The number of hydrogen-bond donors (Lipinski definition) is 0. The Kier molecular flexibility index (Phi) is 5.12. The van der Waals surface area contributed by atoms with E-state index in [1.807, 2.05) is 25.7 Å². The summed E-state index contributed by atoms with van der Waals surface area (Å²) in [5.74, 6) is 1.59. The Bertz CT molecular complexity index is 622. The van der Waals surface area contributed by atoms with Crippen molar-refractivity contribution in [1.82, 2.24) is 14.7 Å². The predicted molar refractivity (Wildman–Crippen MR) is 98.4 cm³/mol. The average molecular weight is 348 g/mol. The van der Waals surface area contributed by atoms with Gasteiger partial charge in [-0.25, -0.2) is 4.79 Å². The van der Waals surface area contributed by atoms with Crippen molar-refractivity contribution in [3.8, 4) is 0 Å². The first-order chi connectivity index (χ1) is 11.7. The van der Waals surface area contributed by atoms with E-state index in [1.54, 1.807) is 0 Å². The van der Waals surface area contributed by atoms with Crippen LogP contribution >= 0.6 is 0 Å². The highest BCUT2D eigenvalue weighted by Crippen LogP contribution is 2.31. The summed E-state index contributed by atoms with van der Waals surface area (Å²) in [6.45, 7) is 12.5. The minimum Gasteiger partial charge on any atom is -0.444 e. The number of aryl methyl sites for hydroxylation is 1. The molecule has 1 saturated carbocycles. The van der Waals surface area contributed by atoms with Crippen LogP contribution in [0.3, 0.4) is 0 Å². The van der Waals surface area contributed by atoms with E-state index >= 15 is 0 Å². The first-order valence-electron chi connectivity index (χ1n) is 9.76. The molecule has 140 valence electrons. The standard InChI is InChI=1S/C20H33N3O2/c1-14-6-8-16(9-7-14)12-23-18-13-22(19(24)25-20(3,4)5)11-10-17(18)15(2)21-23/h14,16H,6-13H2,1-5H3. The van der Waals surface area contributed by atoms with E-state index < -0.39 is 5.60 Å². The zero-order chi connectivity index (χ0) is 18.2. The lowest BCUT2D eigenvalue weighted by molar-refractivity contribution is 0.0217. The Labute approximate surface area is 151 Å². The van der Waals surface area contributed by atoms with Gasteiger partial charge in [-0.15, -0.1) is 0 Å². The van der Waals surface area contributed by atoms with Crippen LogP contribution < -0.4 is 0 Å². The first-order valence-corrected chi connectivity index (χ1v) is 9.76. The number of carbonyl (C=O) groups excluding carboxylic acids is 1. The highest BCUT2D eigenvalue weighted by molar-refractivity contribution is 5.68. The fourth-order valence-corrected chi connectivity index (χ4v) is 4.06. The lowest BCUT2D eigenvalue weighted by Gasteiger charge is -2.31. The largest absolute Gasteiger partial charge is 0.444 e. The van der Waals surface area contributed by atoms with Crippen molar-refractivity contribution in [3.63, 3.8) is 0 Å². The zero-order valence-corrected chi connectivity index (χ0v) is 16.5. The van der Waals surface area contributed by atoms with Crippen molar-refractivity contribution in [3.05, 3.63) is 17.0 Å². The molecule has 5 heteroatoms. The van der Waals surface area contributed by atoms with Gasteiger partial charge in [0.1, 0.15) is 5.60 Å². The van der Waals surface area contributed by atoms with Crippen molar-refractivity contribution in [2.75, 3.05) is 6.54 Å². The molecule has 0 unspecified atom stereocenters. The van der Waals surface area contributed by atoms with Crippen LogP contribution in [0, 0.1) is 18.8 Å². The number of carbonyl (C=O) groups is 1. The minimum atomic E-state index is -0.452. The Balaban J connectivity index is 1.71. The fourth-order valence-electron chi connectivity index (χ4n) is 4.06. The molecule has 0 N–H and O–H groups in total. The van der Waals surface area contributed by atoms with Crippen LogP contribution in [0.4, 0.5) is 4.79 Å². The monoisotopic (exact) mass is 347 g/mol. The number of aromatic nitrogens is 2. The van der Waals surface area contributed by atoms with Crippen LogP contribution in [0.2, 0.25) is 0 Å². The smallest absolute Gasteiger partial charge is 0.410 e. The van der Waals surface area contributed by atoms with Gasteiger partial charge >= 0.3 is 6.09 Å². The molecule has 1 fully saturated rings. The van der Waals surface area contributed by atoms with Crippen LogP contribution in [0.25, 0.3) is 0 Å². The lowest BCUT2D eigenvalue weighted by Crippen LogP contribution is -2.40. The molecule has 2 heterocycles. The van der Waals surface area contributed by atoms with Crippen LogP contribution in [0.5, 0.6) is 0 Å². The van der Waals surface area contributed by atoms with Gasteiger partial charge in [0.05, 0.1) is 17.9 Å². The summed E-state index contributed by atoms with van der Waals surface area (Å²) >= 11 is 0. The van der Waals surface area contributed by atoms with Gasteiger partial charge in [-0.1, -0.05) is 19.8 Å². The molecule has 0 atom stereocenters. The van der Waals surface area contributed by atoms with E-state index in [9.17, 15) is 4.79 Å². The summed E-state index contributed by atoms with van der Waals surface area (Å²) in [5, 5.41) is 4.81. The van der Waals surface area contributed by atoms with Crippen molar-refractivity contribution in [2.24, 2.45) is 11.8 Å².